The molecule has 5 heterocycles. The third-order valence-electron chi connectivity index (χ3n) is 12.9. The van der Waals surface area contributed by atoms with Crippen LogP contribution in [0.2, 0.25) is 0 Å². The molecule has 0 aromatic heterocycles. The average molecular weight is 1330 g/mol. The normalized spacial score (nSPS) is 38.6. The summed E-state index contributed by atoms with van der Waals surface area (Å²) in [4.78, 5) is 0. The molecule has 10 unspecified atom stereocenters. The Balaban J connectivity index is 0.000000526. The summed E-state index contributed by atoms with van der Waals surface area (Å²) in [7, 11) is 0. The number of rotatable bonds is 29. The minimum absolute atomic E-state index is 0.163. The standard InChI is InChI=1S/C11H22O6S.C10H20O7S.C10H20O6S.C9H18O6S.C8H16O6S/c12-6-7-8(13)9(14)10(15)11(17-7)16-4-2-1-3-5-18;11-5-6-7(12)8(13)9(14)10(17-6)16-2-1-15-3-4-18;11-5-6-7(12)8(13)9(14)10(16-6)15-3-1-2-4-17;10-4-5-6(11)7(12)8(13)9(15-5)14-2-1-3-16;9-3-4-5(10)6(11)7(12)8(14-4)13-1-2-15/h7-15,18H,1-6H2;6-14,18H,1-5H2;6-14,17H,1-5H2;5-13,16H,1-4H2;4-12,15H,1-3H2/t7?,8-,9-,10?,11+;2*6?,7-,8-,9?,10+;5?,6-,7-,8?,9+;4?,5-,6-,7?,8+/m00000/s1. The highest BCUT2D eigenvalue weighted by molar-refractivity contribution is 7.80. The Kier molecular flexibility index (Phi) is 46.6. The lowest BCUT2D eigenvalue weighted by molar-refractivity contribution is -0.302. The first-order chi connectivity index (χ1) is 40.1. The van der Waals surface area contributed by atoms with Gasteiger partial charge in [0.05, 0.1) is 66.1 Å². The summed E-state index contributed by atoms with van der Waals surface area (Å²) in [5.41, 5.74) is 0. The molecule has 504 valence electrons. The Morgan fingerprint density at radius 1 is 0.226 bits per heavy atom. The number of hydrogen-bond donors (Lipinski definition) is 25. The Hall–Kier alpha value is 0.510. The van der Waals surface area contributed by atoms with Crippen molar-refractivity contribution in [2.45, 2.75) is 192 Å². The molecule has 0 aromatic rings. The van der Waals surface area contributed by atoms with Crippen LogP contribution in [-0.4, -0.2) is 364 Å². The molecule has 5 aliphatic heterocycles. The van der Waals surface area contributed by atoms with Crippen LogP contribution in [0.5, 0.6) is 0 Å². The number of aliphatic hydroxyl groups is 20. The van der Waals surface area contributed by atoms with Crippen LogP contribution < -0.4 is 0 Å². The molecule has 5 fully saturated rings. The van der Waals surface area contributed by atoms with E-state index in [1.54, 1.807) is 0 Å². The molecule has 31 nitrogen and oxygen atoms in total. The Labute approximate surface area is 515 Å². The Bertz CT molecular complexity index is 1520. The van der Waals surface area contributed by atoms with Gasteiger partial charge in [-0.05, 0) is 49.4 Å². The monoisotopic (exact) mass is 1330 g/mol. The van der Waals surface area contributed by atoms with E-state index in [1.807, 2.05) is 0 Å². The zero-order valence-electron chi connectivity index (χ0n) is 46.4. The Morgan fingerprint density at radius 3 is 0.726 bits per heavy atom. The summed E-state index contributed by atoms with van der Waals surface area (Å²) in [6, 6.07) is 0. The second-order valence-corrected chi connectivity index (χ2v) is 21.4. The van der Waals surface area contributed by atoms with Gasteiger partial charge in [-0.15, -0.1) is 0 Å². The van der Waals surface area contributed by atoms with Crippen LogP contribution in [0.1, 0.15) is 38.5 Å². The minimum atomic E-state index is -1.42. The predicted molar refractivity (Wildman–Crippen MR) is 306 cm³/mol. The molecule has 25 atom stereocenters. The van der Waals surface area contributed by atoms with E-state index >= 15 is 0 Å². The number of aliphatic hydroxyl groups excluding tert-OH is 20. The van der Waals surface area contributed by atoms with Crippen molar-refractivity contribution in [3.63, 3.8) is 0 Å². The molecule has 20 N–H and O–H groups in total. The maximum Gasteiger partial charge on any atom is 0.186 e. The van der Waals surface area contributed by atoms with E-state index in [2.05, 4.69) is 63.1 Å². The molecule has 0 aromatic carbocycles. The number of hydrogen-bond acceptors (Lipinski definition) is 36. The van der Waals surface area contributed by atoms with Crippen molar-refractivity contribution in [1.82, 2.24) is 0 Å². The molecule has 0 amide bonds. The number of thiol groups is 5. The van der Waals surface area contributed by atoms with Crippen LogP contribution in [0.4, 0.5) is 0 Å². The first kappa shape index (κ1) is 82.5. The van der Waals surface area contributed by atoms with Gasteiger partial charge in [0.15, 0.2) is 31.5 Å². The van der Waals surface area contributed by atoms with Crippen LogP contribution in [0.15, 0.2) is 0 Å². The van der Waals surface area contributed by atoms with Gasteiger partial charge in [-0.3, -0.25) is 0 Å². The molecule has 0 aliphatic carbocycles. The molecule has 5 rings (SSSR count). The summed E-state index contributed by atoms with van der Waals surface area (Å²) in [6.45, 7) is 0.0147. The van der Waals surface area contributed by atoms with E-state index in [0.29, 0.717) is 56.7 Å². The smallest absolute Gasteiger partial charge is 0.186 e. The van der Waals surface area contributed by atoms with E-state index in [1.165, 1.54) is 0 Å². The number of unbranched alkanes of at least 4 members (excludes halogenated alkanes) is 3. The van der Waals surface area contributed by atoms with Gasteiger partial charge in [0, 0.05) is 24.7 Å². The fourth-order valence-electron chi connectivity index (χ4n) is 7.85. The van der Waals surface area contributed by atoms with E-state index < -0.39 is 187 Å². The van der Waals surface area contributed by atoms with Gasteiger partial charge in [0.2, 0.25) is 0 Å². The molecular weight excluding hydrogens is 1230 g/mol. The lowest BCUT2D eigenvalue weighted by atomic mass is 9.99. The van der Waals surface area contributed by atoms with Gasteiger partial charge in [-0.1, -0.05) is 6.42 Å². The summed E-state index contributed by atoms with van der Waals surface area (Å²) in [6.07, 6.45) is -25.1. The van der Waals surface area contributed by atoms with Crippen molar-refractivity contribution >= 4 is 63.1 Å². The van der Waals surface area contributed by atoms with Crippen LogP contribution in [0, 0.1) is 0 Å². The SMILES string of the molecule is OCC1O[C@@H](OCCCCCS)C(O)[C@@H](O)[C@H]1O.OCC1O[C@@H](OCCCCS)C(O)[C@@H](O)[C@H]1O.OCC1O[C@@H](OCCCS)C(O)[C@@H](O)[C@H]1O.OCC1O[C@@H](OCCOCCS)C(O)[C@@H](O)[C@H]1O.OCC1O[C@@H](OCCS)C(O)[C@@H](O)[C@H]1O. The van der Waals surface area contributed by atoms with Crippen LogP contribution in [-0.2, 0) is 52.1 Å². The lowest BCUT2D eigenvalue weighted by Crippen LogP contribution is -2.59. The largest absolute Gasteiger partial charge is 0.394 e. The molecular formula is C48H96O31S5. The van der Waals surface area contributed by atoms with Crippen molar-refractivity contribution in [3.8, 4) is 0 Å². The average Bonchev–Trinajstić information content (AvgIpc) is 3.25. The summed E-state index contributed by atoms with van der Waals surface area (Å²) in [5, 5.41) is 187. The number of ether oxygens (including phenoxy) is 11. The highest BCUT2D eigenvalue weighted by atomic mass is 32.1. The maximum absolute atomic E-state index is 9.67. The van der Waals surface area contributed by atoms with Crippen molar-refractivity contribution in [3.05, 3.63) is 0 Å². The molecule has 0 spiro atoms. The van der Waals surface area contributed by atoms with Gasteiger partial charge in [-0.2, -0.15) is 63.1 Å². The molecule has 84 heavy (non-hydrogen) atoms. The first-order valence-corrected chi connectivity index (χ1v) is 30.5. The molecule has 5 aliphatic rings. The van der Waals surface area contributed by atoms with Crippen LogP contribution in [0.3, 0.4) is 0 Å². The molecule has 36 heteroatoms. The third-order valence-corrected chi connectivity index (χ3v) is 14.2. The van der Waals surface area contributed by atoms with E-state index in [-0.39, 0.29) is 13.2 Å². The Morgan fingerprint density at radius 2 is 0.464 bits per heavy atom. The van der Waals surface area contributed by atoms with Gasteiger partial charge >= 0.3 is 0 Å². The van der Waals surface area contributed by atoms with E-state index in [9.17, 15) is 76.6 Å². The van der Waals surface area contributed by atoms with Gasteiger partial charge in [0.25, 0.3) is 0 Å². The third kappa shape index (κ3) is 28.2. The highest BCUT2D eigenvalue weighted by Gasteiger charge is 2.48. The zero-order chi connectivity index (χ0) is 63.5. The minimum Gasteiger partial charge on any atom is -0.394 e. The van der Waals surface area contributed by atoms with E-state index in [4.69, 9.17) is 77.6 Å². The zero-order valence-corrected chi connectivity index (χ0v) is 50.8. The maximum atomic E-state index is 9.67. The topological polar surface area (TPSA) is 506 Å². The van der Waals surface area contributed by atoms with Crippen LogP contribution >= 0.6 is 63.1 Å². The van der Waals surface area contributed by atoms with Gasteiger partial charge < -0.3 is 154 Å². The second kappa shape index (κ2) is 47.4. The molecule has 0 bridgehead atoms. The van der Waals surface area contributed by atoms with Gasteiger partial charge in [-0.25, -0.2) is 0 Å². The fraction of sp³-hybridized carbons (Fsp3) is 1.00. The fourth-order valence-corrected chi connectivity index (χ4v) is 8.66. The second-order valence-electron chi connectivity index (χ2n) is 19.2. The molecule has 5 saturated heterocycles. The predicted octanol–water partition coefficient (Wildman–Crippen LogP) is -8.98. The van der Waals surface area contributed by atoms with E-state index in [0.717, 1.165) is 43.6 Å². The highest BCUT2D eigenvalue weighted by Crippen LogP contribution is 2.26. The molecule has 0 saturated carbocycles. The van der Waals surface area contributed by atoms with Crippen molar-refractivity contribution in [2.75, 3.05) is 108 Å². The van der Waals surface area contributed by atoms with Gasteiger partial charge in [0.1, 0.15) is 122 Å². The quantitative estimate of drug-likeness (QED) is 0.0244. The lowest BCUT2D eigenvalue weighted by Gasteiger charge is -2.39. The summed E-state index contributed by atoms with van der Waals surface area (Å²) in [5.74, 6) is 3.24. The summed E-state index contributed by atoms with van der Waals surface area (Å²) < 4.78 is 56.8. The summed E-state index contributed by atoms with van der Waals surface area (Å²) >= 11 is 20.0. The van der Waals surface area contributed by atoms with Crippen molar-refractivity contribution in [1.29, 1.82) is 0 Å². The first-order valence-electron chi connectivity index (χ1n) is 27.3. The van der Waals surface area contributed by atoms with Crippen LogP contribution in [0.25, 0.3) is 0 Å². The molecule has 0 radical (unpaired) electrons. The van der Waals surface area contributed by atoms with Crippen molar-refractivity contribution in [2.24, 2.45) is 0 Å². The van der Waals surface area contributed by atoms with Crippen molar-refractivity contribution < 1.29 is 154 Å².